The average molecular weight is 428 g/mol. The van der Waals surface area contributed by atoms with Crippen LogP contribution in [0.3, 0.4) is 0 Å². The van der Waals surface area contributed by atoms with Gasteiger partial charge in [-0.15, -0.1) is 10.2 Å². The highest BCUT2D eigenvalue weighted by Gasteiger charge is 2.55. The zero-order valence-electron chi connectivity index (χ0n) is 18.2. The molecule has 2 fully saturated rings. The van der Waals surface area contributed by atoms with Gasteiger partial charge in [-0.3, -0.25) is 9.48 Å². The molecule has 1 spiro atoms. The molecule has 0 bridgehead atoms. The zero-order chi connectivity index (χ0) is 21.9. The van der Waals surface area contributed by atoms with Gasteiger partial charge in [-0.25, -0.2) is 0 Å². The van der Waals surface area contributed by atoms with Crippen molar-refractivity contribution in [2.75, 3.05) is 11.4 Å². The molecular weight excluding hydrogens is 404 g/mol. The van der Waals surface area contributed by atoms with Gasteiger partial charge in [0.05, 0.1) is 11.6 Å². The Balaban J connectivity index is 1.33. The molecule has 8 heteroatoms. The molecule has 1 saturated carbocycles. The molecule has 1 saturated heterocycles. The highest BCUT2D eigenvalue weighted by Crippen LogP contribution is 2.54. The quantitative estimate of drug-likeness (QED) is 0.477. The summed E-state index contributed by atoms with van der Waals surface area (Å²) in [4.78, 5) is 14.6. The van der Waals surface area contributed by atoms with Crippen LogP contribution in [0.2, 0.25) is 0 Å². The maximum atomic E-state index is 12.7. The molecule has 32 heavy (non-hydrogen) atoms. The van der Waals surface area contributed by atoms with Crippen molar-refractivity contribution in [3.8, 4) is 22.9 Å². The van der Waals surface area contributed by atoms with E-state index in [4.69, 9.17) is 4.74 Å². The minimum absolute atomic E-state index is 0.0558. The van der Waals surface area contributed by atoms with E-state index < -0.39 is 0 Å². The lowest BCUT2D eigenvalue weighted by Gasteiger charge is -2.17. The van der Waals surface area contributed by atoms with Crippen molar-refractivity contribution in [3.05, 3.63) is 48.9 Å². The van der Waals surface area contributed by atoms with Crippen molar-refractivity contribution < 1.29 is 9.53 Å². The second kappa shape index (κ2) is 6.91. The van der Waals surface area contributed by atoms with Crippen molar-refractivity contribution in [2.24, 2.45) is 12.5 Å². The molecular formula is C24H24N6O2. The van der Waals surface area contributed by atoms with Gasteiger partial charge in [-0.1, -0.05) is 0 Å². The van der Waals surface area contributed by atoms with E-state index in [-0.39, 0.29) is 11.3 Å². The third-order valence-electron chi connectivity index (χ3n) is 6.76. The fourth-order valence-corrected chi connectivity index (χ4v) is 4.70. The Bertz CT molecular complexity index is 1330. The number of nitrogens with zero attached hydrogens (tertiary/aromatic N) is 6. The predicted molar refractivity (Wildman–Crippen MR) is 121 cm³/mol. The molecule has 8 nitrogen and oxygen atoms in total. The monoisotopic (exact) mass is 428 g/mol. The number of ether oxygens (including phenoxy) is 1. The van der Waals surface area contributed by atoms with Crippen molar-refractivity contribution in [1.82, 2.24) is 24.5 Å². The molecule has 0 atom stereocenters. The van der Waals surface area contributed by atoms with Gasteiger partial charge in [-0.05, 0) is 62.6 Å². The summed E-state index contributed by atoms with van der Waals surface area (Å²) in [5.74, 6) is 2.47. The molecule has 0 radical (unpaired) electrons. The Morgan fingerprint density at radius 2 is 1.94 bits per heavy atom. The topological polar surface area (TPSA) is 78.1 Å². The number of benzene rings is 2. The Morgan fingerprint density at radius 3 is 2.66 bits per heavy atom. The van der Waals surface area contributed by atoms with Crippen LogP contribution in [0.1, 0.15) is 26.2 Å². The summed E-state index contributed by atoms with van der Waals surface area (Å²) in [6.07, 6.45) is 6.60. The standard InChI is InChI=1S/C24H24N6O2/c1-3-29-15-25-27-22(29)16-12-17-14-26-28(2)21(17)20(13-16)32-19-6-4-18(5-7-19)30-11-10-24(8-9-24)23(30)31/h4-7,12-15H,3,8-11H2,1-2H3. The van der Waals surface area contributed by atoms with Gasteiger partial charge in [0.2, 0.25) is 5.91 Å². The molecule has 2 aromatic heterocycles. The highest BCUT2D eigenvalue weighted by molar-refractivity contribution is 6.01. The Labute approximate surface area is 185 Å². The largest absolute Gasteiger partial charge is 0.455 e. The Hall–Kier alpha value is -3.68. The van der Waals surface area contributed by atoms with Gasteiger partial charge in [0.25, 0.3) is 0 Å². The molecule has 0 N–H and O–H groups in total. The smallest absolute Gasteiger partial charge is 0.233 e. The Morgan fingerprint density at radius 1 is 1.12 bits per heavy atom. The summed E-state index contributed by atoms with van der Waals surface area (Å²) < 4.78 is 10.1. The van der Waals surface area contributed by atoms with E-state index in [9.17, 15) is 4.79 Å². The molecule has 4 aromatic rings. The molecule has 1 aliphatic heterocycles. The summed E-state index contributed by atoms with van der Waals surface area (Å²) in [5.41, 5.74) is 2.71. The number of carbonyl (C=O) groups is 1. The average Bonchev–Trinajstić information content (AvgIpc) is 3.12. The van der Waals surface area contributed by atoms with E-state index in [0.29, 0.717) is 11.5 Å². The van der Waals surface area contributed by atoms with Gasteiger partial charge >= 0.3 is 0 Å². The summed E-state index contributed by atoms with van der Waals surface area (Å²) in [6, 6.07) is 11.8. The van der Waals surface area contributed by atoms with Crippen LogP contribution in [0.5, 0.6) is 11.5 Å². The minimum atomic E-state index is -0.0558. The van der Waals surface area contributed by atoms with Crippen LogP contribution in [0.15, 0.2) is 48.9 Å². The number of fused-ring (bicyclic) bond motifs is 1. The van der Waals surface area contributed by atoms with Crippen LogP contribution in [-0.4, -0.2) is 37.0 Å². The number of aryl methyl sites for hydroxylation is 2. The maximum absolute atomic E-state index is 12.7. The lowest BCUT2D eigenvalue weighted by atomic mass is 10.1. The number of carbonyl (C=O) groups excluding carboxylic acids is 1. The number of hydrogen-bond donors (Lipinski definition) is 0. The molecule has 1 amide bonds. The van der Waals surface area contributed by atoms with Crippen LogP contribution < -0.4 is 9.64 Å². The van der Waals surface area contributed by atoms with Crippen molar-refractivity contribution in [2.45, 2.75) is 32.7 Å². The predicted octanol–water partition coefficient (Wildman–Crippen LogP) is 4.16. The third-order valence-corrected chi connectivity index (χ3v) is 6.76. The fourth-order valence-electron chi connectivity index (χ4n) is 4.70. The van der Waals surface area contributed by atoms with E-state index in [2.05, 4.69) is 28.3 Å². The Kier molecular flexibility index (Phi) is 4.11. The number of hydrogen-bond acceptors (Lipinski definition) is 5. The molecule has 162 valence electrons. The minimum Gasteiger partial charge on any atom is -0.455 e. The highest BCUT2D eigenvalue weighted by atomic mass is 16.5. The molecule has 2 aliphatic rings. The first-order chi connectivity index (χ1) is 15.6. The number of anilines is 1. The van der Waals surface area contributed by atoms with Crippen LogP contribution in [0, 0.1) is 5.41 Å². The molecule has 6 rings (SSSR count). The van der Waals surface area contributed by atoms with Gasteiger partial charge in [0.15, 0.2) is 11.6 Å². The summed E-state index contributed by atoms with van der Waals surface area (Å²) >= 11 is 0. The van der Waals surface area contributed by atoms with E-state index in [0.717, 1.165) is 60.3 Å². The normalized spacial score (nSPS) is 16.9. The fraction of sp³-hybridized carbons (Fsp3) is 0.333. The van der Waals surface area contributed by atoms with Crippen molar-refractivity contribution in [3.63, 3.8) is 0 Å². The first-order valence-electron chi connectivity index (χ1n) is 11.0. The third kappa shape index (κ3) is 2.90. The molecule has 1 aliphatic carbocycles. The molecule has 2 aromatic carbocycles. The number of amides is 1. The van der Waals surface area contributed by atoms with E-state index in [1.165, 1.54) is 0 Å². The van der Waals surface area contributed by atoms with E-state index in [1.807, 2.05) is 57.7 Å². The lowest BCUT2D eigenvalue weighted by molar-refractivity contribution is -0.121. The first kappa shape index (κ1) is 19.0. The van der Waals surface area contributed by atoms with Gasteiger partial charge < -0.3 is 14.2 Å². The van der Waals surface area contributed by atoms with Crippen LogP contribution in [0.4, 0.5) is 5.69 Å². The second-order valence-electron chi connectivity index (χ2n) is 8.70. The van der Waals surface area contributed by atoms with Crippen LogP contribution >= 0.6 is 0 Å². The maximum Gasteiger partial charge on any atom is 0.233 e. The van der Waals surface area contributed by atoms with Crippen LogP contribution in [-0.2, 0) is 18.4 Å². The van der Waals surface area contributed by atoms with E-state index >= 15 is 0 Å². The summed E-state index contributed by atoms with van der Waals surface area (Å²) in [7, 11) is 1.90. The van der Waals surface area contributed by atoms with Gasteiger partial charge in [-0.2, -0.15) is 5.10 Å². The second-order valence-corrected chi connectivity index (χ2v) is 8.70. The van der Waals surface area contributed by atoms with Crippen molar-refractivity contribution in [1.29, 1.82) is 0 Å². The number of aromatic nitrogens is 5. The van der Waals surface area contributed by atoms with E-state index in [1.54, 1.807) is 6.33 Å². The van der Waals surface area contributed by atoms with Crippen LogP contribution in [0.25, 0.3) is 22.3 Å². The zero-order valence-corrected chi connectivity index (χ0v) is 18.2. The number of rotatable bonds is 5. The molecule has 0 unspecified atom stereocenters. The van der Waals surface area contributed by atoms with Gasteiger partial charge in [0.1, 0.15) is 17.6 Å². The first-order valence-corrected chi connectivity index (χ1v) is 11.0. The SMILES string of the molecule is CCn1cnnc1-c1cc(Oc2ccc(N3CCC4(CC4)C3=O)cc2)c2c(cnn2C)c1. The van der Waals surface area contributed by atoms with Gasteiger partial charge in [0, 0.05) is 36.8 Å². The summed E-state index contributed by atoms with van der Waals surface area (Å²) in [5, 5.41) is 13.7. The van der Waals surface area contributed by atoms with Crippen molar-refractivity contribution >= 4 is 22.5 Å². The summed E-state index contributed by atoms with van der Waals surface area (Å²) in [6.45, 7) is 3.64. The molecule has 3 heterocycles. The lowest BCUT2D eigenvalue weighted by Crippen LogP contribution is -2.27.